The van der Waals surface area contributed by atoms with Gasteiger partial charge in [-0.15, -0.1) is 0 Å². The van der Waals surface area contributed by atoms with Crippen molar-refractivity contribution in [2.45, 2.75) is 13.0 Å². The Morgan fingerprint density at radius 1 is 1.14 bits per heavy atom. The van der Waals surface area contributed by atoms with Crippen LogP contribution in [0.15, 0.2) is 36.4 Å². The summed E-state index contributed by atoms with van der Waals surface area (Å²) in [5.41, 5.74) is 7.20. The van der Waals surface area contributed by atoms with Crippen LogP contribution in [-0.2, 0) is 0 Å². The Labute approximate surface area is 97.4 Å². The van der Waals surface area contributed by atoms with Gasteiger partial charge in [0, 0.05) is 0 Å². The van der Waals surface area contributed by atoms with Gasteiger partial charge in [0.05, 0.1) is 0 Å². The molecular weight excluding hydrogens is 277 g/mol. The average molecular weight is 289 g/mol. The molecule has 2 N–H and O–H groups in total. The number of benzene rings is 2. The maximum atomic E-state index is 5.92. The Hall–Kier alpha value is -0.541. The molecule has 2 heteroatoms. The number of nitrogens with two attached hydrogens (primary N) is 1. The molecular formula is C12H12NSn+3. The van der Waals surface area contributed by atoms with Gasteiger partial charge in [0.1, 0.15) is 0 Å². The molecule has 0 aromatic heterocycles. The molecule has 0 amide bonds. The summed E-state index contributed by atoms with van der Waals surface area (Å²) in [4.78, 5) is 0. The Balaban J connectivity index is 2.71. The van der Waals surface area contributed by atoms with Crippen molar-refractivity contribution in [1.29, 1.82) is 0 Å². The molecule has 2 aromatic carbocycles. The van der Waals surface area contributed by atoms with E-state index in [4.69, 9.17) is 5.73 Å². The zero-order valence-corrected chi connectivity index (χ0v) is 11.0. The SMILES string of the molecule is CC(N)c1cc2ccccc2c[c]1[Sn+3]. The number of hydrogen-bond acceptors (Lipinski definition) is 1. The van der Waals surface area contributed by atoms with Gasteiger partial charge in [-0.1, -0.05) is 0 Å². The van der Waals surface area contributed by atoms with Gasteiger partial charge in [0.25, 0.3) is 0 Å². The van der Waals surface area contributed by atoms with E-state index in [1.165, 1.54) is 42.4 Å². The Kier molecular flexibility index (Phi) is 2.79. The van der Waals surface area contributed by atoms with Crippen LogP contribution in [0.4, 0.5) is 0 Å². The molecule has 1 unspecified atom stereocenters. The summed E-state index contributed by atoms with van der Waals surface area (Å²) in [6.07, 6.45) is 0. The second-order valence-electron chi connectivity index (χ2n) is 3.58. The fourth-order valence-electron chi connectivity index (χ4n) is 1.63. The second kappa shape index (κ2) is 3.91. The third kappa shape index (κ3) is 1.79. The molecule has 66 valence electrons. The minimum absolute atomic E-state index is 0.133. The zero-order valence-electron chi connectivity index (χ0n) is 8.12. The van der Waals surface area contributed by atoms with Crippen LogP contribution in [0, 0.1) is 0 Å². The van der Waals surface area contributed by atoms with Crippen molar-refractivity contribution in [3.8, 4) is 0 Å². The van der Waals surface area contributed by atoms with E-state index in [9.17, 15) is 0 Å². The first-order chi connectivity index (χ1) is 6.68. The molecule has 0 spiro atoms. The van der Waals surface area contributed by atoms with Crippen LogP contribution in [0.3, 0.4) is 0 Å². The maximum absolute atomic E-state index is 5.92. The van der Waals surface area contributed by atoms with Crippen LogP contribution in [0.25, 0.3) is 10.8 Å². The van der Waals surface area contributed by atoms with Crippen LogP contribution < -0.4 is 9.31 Å². The molecule has 0 aliphatic carbocycles. The predicted octanol–water partition coefficient (Wildman–Crippen LogP) is 1.65. The standard InChI is InChI=1S/C12H12N.Sn/c1-9(13)11-7-6-10-4-2-3-5-12(10)8-11;/h2-6,8-9H,13H2,1H3;/q;+3. The Bertz CT molecular complexity index is 463. The number of hydrogen-bond donors (Lipinski definition) is 1. The molecule has 1 nitrogen and oxygen atoms in total. The van der Waals surface area contributed by atoms with Crippen LogP contribution in [0.1, 0.15) is 18.5 Å². The summed E-state index contributed by atoms with van der Waals surface area (Å²) in [5.74, 6) is 0. The quantitative estimate of drug-likeness (QED) is 0.794. The van der Waals surface area contributed by atoms with E-state index in [1.807, 2.05) is 6.92 Å². The van der Waals surface area contributed by atoms with Crippen molar-refractivity contribution in [3.05, 3.63) is 42.0 Å². The number of fused-ring (bicyclic) bond motifs is 1. The van der Waals surface area contributed by atoms with E-state index in [1.54, 1.807) is 0 Å². The molecule has 1 atom stereocenters. The molecule has 0 aliphatic rings. The van der Waals surface area contributed by atoms with Crippen LogP contribution in [0.2, 0.25) is 0 Å². The van der Waals surface area contributed by atoms with Crippen molar-refractivity contribution in [2.75, 3.05) is 0 Å². The van der Waals surface area contributed by atoms with Crippen molar-refractivity contribution < 1.29 is 0 Å². The first-order valence-corrected chi connectivity index (χ1v) is 6.11. The third-order valence-electron chi connectivity index (χ3n) is 2.41. The normalized spacial score (nSPS) is 13.1. The van der Waals surface area contributed by atoms with E-state index in [2.05, 4.69) is 36.4 Å². The summed E-state index contributed by atoms with van der Waals surface area (Å²) >= 11 is 1.43. The fraction of sp³-hybridized carbons (Fsp3) is 0.167. The van der Waals surface area contributed by atoms with Gasteiger partial charge in [-0.05, 0) is 0 Å². The van der Waals surface area contributed by atoms with Gasteiger partial charge in [-0.25, -0.2) is 0 Å². The summed E-state index contributed by atoms with van der Waals surface area (Å²) in [5, 5.41) is 2.59. The zero-order chi connectivity index (χ0) is 10.1. The van der Waals surface area contributed by atoms with E-state index in [-0.39, 0.29) is 6.04 Å². The minimum atomic E-state index is 0.133. The Morgan fingerprint density at radius 2 is 1.71 bits per heavy atom. The van der Waals surface area contributed by atoms with E-state index < -0.39 is 0 Å². The van der Waals surface area contributed by atoms with Gasteiger partial charge >= 0.3 is 97.5 Å². The number of rotatable bonds is 1. The van der Waals surface area contributed by atoms with E-state index in [0.717, 1.165) is 0 Å². The monoisotopic (exact) mass is 290 g/mol. The molecule has 14 heavy (non-hydrogen) atoms. The summed E-state index contributed by atoms with van der Waals surface area (Å²) < 4.78 is 1.37. The summed E-state index contributed by atoms with van der Waals surface area (Å²) in [7, 11) is 0. The summed E-state index contributed by atoms with van der Waals surface area (Å²) in [6.45, 7) is 2.04. The van der Waals surface area contributed by atoms with Crippen molar-refractivity contribution in [3.63, 3.8) is 0 Å². The summed E-state index contributed by atoms with van der Waals surface area (Å²) in [6, 6.07) is 13.0. The fourth-order valence-corrected chi connectivity index (χ4v) is 2.93. The van der Waals surface area contributed by atoms with Gasteiger partial charge < -0.3 is 0 Å². The third-order valence-corrected chi connectivity index (χ3v) is 3.64. The molecule has 0 heterocycles. The van der Waals surface area contributed by atoms with Gasteiger partial charge in [-0.2, -0.15) is 0 Å². The van der Waals surface area contributed by atoms with Crippen molar-refractivity contribution >= 4 is 36.9 Å². The molecule has 0 fully saturated rings. The first kappa shape index (κ1) is 9.99. The van der Waals surface area contributed by atoms with Crippen LogP contribution >= 0.6 is 0 Å². The average Bonchev–Trinajstić information content (AvgIpc) is 2.16. The molecule has 0 saturated heterocycles. The molecule has 2 rings (SSSR count). The Morgan fingerprint density at radius 3 is 2.29 bits per heavy atom. The van der Waals surface area contributed by atoms with Gasteiger partial charge in [0.2, 0.25) is 0 Å². The van der Waals surface area contributed by atoms with Crippen molar-refractivity contribution in [2.24, 2.45) is 5.73 Å². The second-order valence-corrected chi connectivity index (χ2v) is 5.11. The molecule has 0 saturated carbocycles. The van der Waals surface area contributed by atoms with Crippen LogP contribution in [-0.4, -0.2) is 22.5 Å². The van der Waals surface area contributed by atoms with Gasteiger partial charge in [0.15, 0.2) is 0 Å². The molecule has 0 bridgehead atoms. The first-order valence-electron chi connectivity index (χ1n) is 4.68. The van der Waals surface area contributed by atoms with E-state index >= 15 is 0 Å². The van der Waals surface area contributed by atoms with Crippen molar-refractivity contribution in [1.82, 2.24) is 0 Å². The van der Waals surface area contributed by atoms with Gasteiger partial charge in [-0.3, -0.25) is 0 Å². The van der Waals surface area contributed by atoms with E-state index in [0.29, 0.717) is 0 Å². The molecule has 2 aromatic rings. The predicted molar refractivity (Wildman–Crippen MR) is 61.9 cm³/mol. The molecule has 0 aliphatic heterocycles. The van der Waals surface area contributed by atoms with Crippen LogP contribution in [0.5, 0.6) is 0 Å². The molecule has 0 radical (unpaired) electrons. The topological polar surface area (TPSA) is 26.0 Å².